The van der Waals surface area contributed by atoms with Gasteiger partial charge in [0.1, 0.15) is 0 Å². The molecule has 0 aliphatic carbocycles. The first-order valence-corrected chi connectivity index (χ1v) is 3.26. The molecule has 1 heterocycles. The SMILES string of the molecule is C[C@@H]1O[C@H](CO)C[C@@H]1N. The Morgan fingerprint density at radius 3 is 2.67 bits per heavy atom. The van der Waals surface area contributed by atoms with Crippen molar-refractivity contribution in [2.75, 3.05) is 6.61 Å². The Bertz CT molecular complexity index is 87.1. The van der Waals surface area contributed by atoms with E-state index in [2.05, 4.69) is 0 Å². The van der Waals surface area contributed by atoms with Crippen LogP contribution < -0.4 is 5.73 Å². The maximum absolute atomic E-state index is 8.62. The molecule has 3 atom stereocenters. The molecule has 0 saturated carbocycles. The molecule has 54 valence electrons. The minimum Gasteiger partial charge on any atom is -0.394 e. The normalized spacial score (nSPS) is 43.7. The van der Waals surface area contributed by atoms with Gasteiger partial charge in [-0.2, -0.15) is 0 Å². The van der Waals surface area contributed by atoms with Gasteiger partial charge in [-0.1, -0.05) is 0 Å². The second kappa shape index (κ2) is 2.64. The second-order valence-corrected chi connectivity index (χ2v) is 2.55. The molecule has 0 amide bonds. The van der Waals surface area contributed by atoms with E-state index in [1.54, 1.807) is 0 Å². The molecule has 1 fully saturated rings. The Kier molecular flexibility index (Phi) is 2.05. The number of ether oxygens (including phenoxy) is 1. The van der Waals surface area contributed by atoms with Crippen molar-refractivity contribution >= 4 is 0 Å². The molecule has 0 bridgehead atoms. The first-order chi connectivity index (χ1) is 4.24. The summed E-state index contributed by atoms with van der Waals surface area (Å²) in [7, 11) is 0. The van der Waals surface area contributed by atoms with Crippen LogP contribution in [0.5, 0.6) is 0 Å². The topological polar surface area (TPSA) is 55.5 Å². The Morgan fingerprint density at radius 2 is 2.44 bits per heavy atom. The number of aliphatic hydroxyl groups is 1. The third kappa shape index (κ3) is 1.41. The van der Waals surface area contributed by atoms with Crippen LogP contribution in [0.25, 0.3) is 0 Å². The van der Waals surface area contributed by atoms with Gasteiger partial charge in [-0.15, -0.1) is 0 Å². The Hall–Kier alpha value is -0.120. The third-order valence-electron chi connectivity index (χ3n) is 1.75. The molecule has 3 N–H and O–H groups in total. The maximum Gasteiger partial charge on any atom is 0.0825 e. The van der Waals surface area contributed by atoms with Crippen LogP contribution in [0.3, 0.4) is 0 Å². The molecule has 1 saturated heterocycles. The van der Waals surface area contributed by atoms with Crippen LogP contribution in [-0.2, 0) is 4.74 Å². The zero-order chi connectivity index (χ0) is 6.85. The molecule has 9 heavy (non-hydrogen) atoms. The van der Waals surface area contributed by atoms with Gasteiger partial charge in [-0.05, 0) is 13.3 Å². The van der Waals surface area contributed by atoms with Crippen molar-refractivity contribution < 1.29 is 9.84 Å². The van der Waals surface area contributed by atoms with E-state index in [0.717, 1.165) is 6.42 Å². The number of hydrogen-bond donors (Lipinski definition) is 2. The summed E-state index contributed by atoms with van der Waals surface area (Å²) in [6, 6.07) is 0.113. The van der Waals surface area contributed by atoms with Gasteiger partial charge in [0.05, 0.1) is 18.8 Å². The van der Waals surface area contributed by atoms with Crippen molar-refractivity contribution in [2.24, 2.45) is 5.73 Å². The summed E-state index contributed by atoms with van der Waals surface area (Å²) in [5.74, 6) is 0. The van der Waals surface area contributed by atoms with Crippen LogP contribution in [0.15, 0.2) is 0 Å². The Labute approximate surface area is 54.8 Å². The van der Waals surface area contributed by atoms with Crippen molar-refractivity contribution in [1.29, 1.82) is 0 Å². The highest BCUT2D eigenvalue weighted by molar-refractivity contribution is 4.81. The highest BCUT2D eigenvalue weighted by Crippen LogP contribution is 2.17. The predicted molar refractivity (Wildman–Crippen MR) is 34.0 cm³/mol. The van der Waals surface area contributed by atoms with E-state index in [0.29, 0.717) is 0 Å². The molecule has 0 aromatic carbocycles. The molecular weight excluding hydrogens is 118 g/mol. The van der Waals surface area contributed by atoms with Gasteiger partial charge in [-0.25, -0.2) is 0 Å². The molecule has 0 spiro atoms. The largest absolute Gasteiger partial charge is 0.394 e. The monoisotopic (exact) mass is 131 g/mol. The summed E-state index contributed by atoms with van der Waals surface area (Å²) in [5.41, 5.74) is 5.61. The first-order valence-electron chi connectivity index (χ1n) is 3.26. The van der Waals surface area contributed by atoms with Gasteiger partial charge in [0, 0.05) is 6.04 Å². The number of nitrogens with two attached hydrogens (primary N) is 1. The summed E-state index contributed by atoms with van der Waals surface area (Å²) in [4.78, 5) is 0. The van der Waals surface area contributed by atoms with Crippen molar-refractivity contribution in [3.8, 4) is 0 Å². The smallest absolute Gasteiger partial charge is 0.0825 e. The highest BCUT2D eigenvalue weighted by Gasteiger charge is 2.28. The highest BCUT2D eigenvalue weighted by atomic mass is 16.5. The van der Waals surface area contributed by atoms with E-state index < -0.39 is 0 Å². The predicted octanol–water partition coefficient (Wildman–Crippen LogP) is -0.517. The minimum atomic E-state index is -0.0185. The molecule has 0 aromatic heterocycles. The number of hydrogen-bond acceptors (Lipinski definition) is 3. The van der Waals surface area contributed by atoms with E-state index in [1.807, 2.05) is 6.92 Å². The summed E-state index contributed by atoms with van der Waals surface area (Å²) in [5, 5.41) is 8.62. The minimum absolute atomic E-state index is 0.0185. The van der Waals surface area contributed by atoms with Gasteiger partial charge >= 0.3 is 0 Å². The molecule has 1 rings (SSSR count). The maximum atomic E-state index is 8.62. The van der Waals surface area contributed by atoms with E-state index in [9.17, 15) is 0 Å². The fraction of sp³-hybridized carbons (Fsp3) is 1.00. The fourth-order valence-electron chi connectivity index (χ4n) is 1.07. The van der Waals surface area contributed by atoms with Crippen molar-refractivity contribution in [3.63, 3.8) is 0 Å². The van der Waals surface area contributed by atoms with Gasteiger partial charge < -0.3 is 15.6 Å². The number of aliphatic hydroxyl groups excluding tert-OH is 1. The van der Waals surface area contributed by atoms with E-state index >= 15 is 0 Å². The second-order valence-electron chi connectivity index (χ2n) is 2.55. The van der Waals surface area contributed by atoms with Crippen molar-refractivity contribution in [1.82, 2.24) is 0 Å². The van der Waals surface area contributed by atoms with Gasteiger partial charge in [-0.3, -0.25) is 0 Å². The van der Waals surface area contributed by atoms with E-state index in [4.69, 9.17) is 15.6 Å². The molecular formula is C6H13NO2. The summed E-state index contributed by atoms with van der Waals surface area (Å²) in [6.07, 6.45) is 0.884. The number of rotatable bonds is 1. The summed E-state index contributed by atoms with van der Waals surface area (Å²) < 4.78 is 5.25. The zero-order valence-corrected chi connectivity index (χ0v) is 5.58. The van der Waals surface area contributed by atoms with Gasteiger partial charge in [0.25, 0.3) is 0 Å². The van der Waals surface area contributed by atoms with Crippen molar-refractivity contribution in [3.05, 3.63) is 0 Å². The van der Waals surface area contributed by atoms with E-state index in [1.165, 1.54) is 0 Å². The lowest BCUT2D eigenvalue weighted by Crippen LogP contribution is -2.26. The van der Waals surface area contributed by atoms with Crippen LogP contribution in [0.4, 0.5) is 0 Å². The van der Waals surface area contributed by atoms with E-state index in [-0.39, 0.29) is 24.9 Å². The zero-order valence-electron chi connectivity index (χ0n) is 5.58. The molecule has 3 heteroatoms. The molecule has 1 aliphatic heterocycles. The standard InChI is InChI=1S/C6H13NO2/c1-4-6(7)2-5(3-8)9-4/h4-6,8H,2-3,7H2,1H3/t4-,5-,6-/m0/s1. The average molecular weight is 131 g/mol. The summed E-state index contributed by atoms with van der Waals surface area (Å²) >= 11 is 0. The summed E-state index contributed by atoms with van der Waals surface area (Å²) in [6.45, 7) is 2.03. The van der Waals surface area contributed by atoms with Crippen LogP contribution in [0, 0.1) is 0 Å². The molecule has 0 unspecified atom stereocenters. The van der Waals surface area contributed by atoms with Gasteiger partial charge in [0.15, 0.2) is 0 Å². The quantitative estimate of drug-likeness (QED) is 0.503. The molecule has 0 radical (unpaired) electrons. The Balaban J connectivity index is 2.35. The molecule has 0 aromatic rings. The lowest BCUT2D eigenvalue weighted by Gasteiger charge is -2.06. The Morgan fingerprint density at radius 1 is 1.78 bits per heavy atom. The lowest BCUT2D eigenvalue weighted by atomic mass is 10.1. The van der Waals surface area contributed by atoms with Crippen LogP contribution in [0.1, 0.15) is 13.3 Å². The van der Waals surface area contributed by atoms with Crippen LogP contribution >= 0.6 is 0 Å². The average Bonchev–Trinajstić information content (AvgIpc) is 2.13. The first kappa shape index (κ1) is 6.99. The molecule has 3 nitrogen and oxygen atoms in total. The van der Waals surface area contributed by atoms with Crippen molar-refractivity contribution in [2.45, 2.75) is 31.6 Å². The lowest BCUT2D eigenvalue weighted by molar-refractivity contribution is 0.0180. The third-order valence-corrected chi connectivity index (χ3v) is 1.75. The molecule has 1 aliphatic rings. The van der Waals surface area contributed by atoms with Crippen LogP contribution in [0.2, 0.25) is 0 Å². The van der Waals surface area contributed by atoms with Crippen LogP contribution in [-0.4, -0.2) is 30.0 Å². The fourth-order valence-corrected chi connectivity index (χ4v) is 1.07. The van der Waals surface area contributed by atoms with Gasteiger partial charge in [0.2, 0.25) is 0 Å².